The molecule has 6 nitrogen and oxygen atoms in total. The number of nitrogens with zero attached hydrogens (tertiary/aromatic N) is 3. The molecule has 3 rings (SSSR count). The van der Waals surface area contributed by atoms with Crippen LogP contribution in [-0.4, -0.2) is 29.6 Å². The van der Waals surface area contributed by atoms with Gasteiger partial charge in [-0.3, -0.25) is 0 Å². The highest BCUT2D eigenvalue weighted by molar-refractivity contribution is 6.33. The summed E-state index contributed by atoms with van der Waals surface area (Å²) in [5.74, 6) is 0.952. The number of methoxy groups -OCH3 is 1. The Bertz CT molecular complexity index is 950. The van der Waals surface area contributed by atoms with Crippen molar-refractivity contribution in [2.45, 2.75) is 13.5 Å². The SMILES string of the molecule is CCN(Cc1ccccc1)c1cc(Nc2cc(C(=O)OC)ccc2Cl)ncn1. The maximum absolute atomic E-state index is 11.8. The van der Waals surface area contributed by atoms with E-state index in [9.17, 15) is 4.79 Å². The molecule has 0 aliphatic rings. The summed E-state index contributed by atoms with van der Waals surface area (Å²) >= 11 is 6.26. The topological polar surface area (TPSA) is 67.4 Å². The summed E-state index contributed by atoms with van der Waals surface area (Å²) in [4.78, 5) is 22.6. The van der Waals surface area contributed by atoms with Gasteiger partial charge in [0.2, 0.25) is 0 Å². The van der Waals surface area contributed by atoms with E-state index in [4.69, 9.17) is 16.3 Å². The van der Waals surface area contributed by atoms with Gasteiger partial charge >= 0.3 is 5.97 Å². The zero-order valence-electron chi connectivity index (χ0n) is 15.7. The van der Waals surface area contributed by atoms with E-state index in [0.717, 1.165) is 18.9 Å². The molecular weight excluding hydrogens is 376 g/mol. The highest BCUT2D eigenvalue weighted by atomic mass is 35.5. The van der Waals surface area contributed by atoms with Crippen LogP contribution in [0.5, 0.6) is 0 Å². The van der Waals surface area contributed by atoms with E-state index in [-0.39, 0.29) is 0 Å². The number of rotatable bonds is 7. The molecule has 7 heteroatoms. The summed E-state index contributed by atoms with van der Waals surface area (Å²) in [5.41, 5.74) is 2.18. The molecule has 1 N–H and O–H groups in total. The van der Waals surface area contributed by atoms with Crippen molar-refractivity contribution in [3.8, 4) is 0 Å². The molecule has 0 unspecified atom stereocenters. The molecule has 28 heavy (non-hydrogen) atoms. The Balaban J connectivity index is 1.82. The van der Waals surface area contributed by atoms with Crippen LogP contribution < -0.4 is 10.2 Å². The lowest BCUT2D eigenvalue weighted by Gasteiger charge is -2.22. The lowest BCUT2D eigenvalue weighted by atomic mass is 10.2. The second kappa shape index (κ2) is 9.19. The standard InChI is InChI=1S/C21H21ClN4O2/c1-3-26(13-15-7-5-4-6-8-15)20-12-19(23-14-24-20)25-18-11-16(21(27)28-2)9-10-17(18)22/h4-12,14H,3,13H2,1-2H3,(H,23,24,25). The Morgan fingerprint density at radius 3 is 2.64 bits per heavy atom. The quantitative estimate of drug-likeness (QED) is 0.584. The lowest BCUT2D eigenvalue weighted by Crippen LogP contribution is -2.23. The van der Waals surface area contributed by atoms with Gasteiger partial charge in [-0.15, -0.1) is 0 Å². The molecule has 0 fully saturated rings. The van der Waals surface area contributed by atoms with Gasteiger partial charge in [-0.1, -0.05) is 41.9 Å². The fourth-order valence-electron chi connectivity index (χ4n) is 2.75. The van der Waals surface area contributed by atoms with E-state index in [2.05, 4.69) is 39.2 Å². The molecule has 0 radical (unpaired) electrons. The van der Waals surface area contributed by atoms with Crippen molar-refractivity contribution >= 4 is 34.9 Å². The Labute approximate surface area is 169 Å². The van der Waals surface area contributed by atoms with Crippen LogP contribution in [0.15, 0.2) is 60.9 Å². The average Bonchev–Trinajstić information content (AvgIpc) is 2.74. The van der Waals surface area contributed by atoms with Crippen molar-refractivity contribution in [2.75, 3.05) is 23.9 Å². The molecule has 0 atom stereocenters. The molecule has 0 spiro atoms. The highest BCUT2D eigenvalue weighted by Gasteiger charge is 2.12. The summed E-state index contributed by atoms with van der Waals surface area (Å²) in [6, 6.07) is 17.0. The van der Waals surface area contributed by atoms with Crippen LogP contribution in [0.4, 0.5) is 17.3 Å². The van der Waals surface area contributed by atoms with Crippen molar-refractivity contribution in [3.63, 3.8) is 0 Å². The van der Waals surface area contributed by atoms with Crippen LogP contribution in [-0.2, 0) is 11.3 Å². The molecule has 0 saturated carbocycles. The number of esters is 1. The number of carbonyl (C=O) groups excluding carboxylic acids is 1. The maximum Gasteiger partial charge on any atom is 0.337 e. The van der Waals surface area contributed by atoms with Gasteiger partial charge in [-0.25, -0.2) is 14.8 Å². The first-order valence-electron chi connectivity index (χ1n) is 8.86. The number of hydrogen-bond acceptors (Lipinski definition) is 6. The molecule has 0 aliphatic carbocycles. The van der Waals surface area contributed by atoms with Gasteiger partial charge < -0.3 is 15.0 Å². The first-order chi connectivity index (χ1) is 13.6. The number of hydrogen-bond donors (Lipinski definition) is 1. The third kappa shape index (κ3) is 4.78. The van der Waals surface area contributed by atoms with Gasteiger partial charge in [0.1, 0.15) is 18.0 Å². The minimum atomic E-state index is -0.428. The van der Waals surface area contributed by atoms with Crippen LogP contribution in [0, 0.1) is 0 Å². The van der Waals surface area contributed by atoms with Gasteiger partial charge in [0.25, 0.3) is 0 Å². The van der Waals surface area contributed by atoms with Gasteiger partial charge in [0, 0.05) is 19.2 Å². The second-order valence-corrected chi connectivity index (χ2v) is 6.48. The largest absolute Gasteiger partial charge is 0.465 e. The van der Waals surface area contributed by atoms with Gasteiger partial charge in [-0.2, -0.15) is 0 Å². The van der Waals surface area contributed by atoms with Crippen molar-refractivity contribution in [3.05, 3.63) is 77.1 Å². The van der Waals surface area contributed by atoms with Crippen LogP contribution >= 0.6 is 11.6 Å². The average molecular weight is 397 g/mol. The minimum absolute atomic E-state index is 0.406. The Hall–Kier alpha value is -3.12. The number of halogens is 1. The van der Waals surface area contributed by atoms with Crippen LogP contribution in [0.25, 0.3) is 0 Å². The molecule has 0 bridgehead atoms. The summed E-state index contributed by atoms with van der Waals surface area (Å²) in [7, 11) is 1.34. The van der Waals surface area contributed by atoms with Gasteiger partial charge in [0.05, 0.1) is 23.4 Å². The summed E-state index contributed by atoms with van der Waals surface area (Å²) in [6.45, 7) is 3.62. The summed E-state index contributed by atoms with van der Waals surface area (Å²) in [6.07, 6.45) is 1.50. The first kappa shape index (κ1) is 19.6. The Morgan fingerprint density at radius 1 is 1.14 bits per heavy atom. The maximum atomic E-state index is 11.8. The van der Waals surface area contributed by atoms with E-state index in [0.29, 0.717) is 22.1 Å². The fraction of sp³-hybridized carbons (Fsp3) is 0.190. The Morgan fingerprint density at radius 2 is 1.93 bits per heavy atom. The summed E-state index contributed by atoms with van der Waals surface area (Å²) in [5, 5.41) is 3.63. The van der Waals surface area contributed by atoms with Crippen molar-refractivity contribution in [1.82, 2.24) is 9.97 Å². The number of anilines is 3. The smallest absolute Gasteiger partial charge is 0.337 e. The zero-order valence-corrected chi connectivity index (χ0v) is 16.5. The molecule has 0 saturated heterocycles. The number of nitrogens with one attached hydrogen (secondary N) is 1. The highest BCUT2D eigenvalue weighted by Crippen LogP contribution is 2.27. The predicted molar refractivity (Wildman–Crippen MR) is 111 cm³/mol. The van der Waals surface area contributed by atoms with E-state index in [1.54, 1.807) is 18.2 Å². The second-order valence-electron chi connectivity index (χ2n) is 6.07. The van der Waals surface area contributed by atoms with Gasteiger partial charge in [-0.05, 0) is 30.7 Å². The molecule has 3 aromatic rings. The first-order valence-corrected chi connectivity index (χ1v) is 9.24. The molecule has 0 amide bonds. The van der Waals surface area contributed by atoms with E-state index < -0.39 is 5.97 Å². The number of carbonyl (C=O) groups is 1. The van der Waals surface area contributed by atoms with Crippen molar-refractivity contribution < 1.29 is 9.53 Å². The molecule has 1 aromatic heterocycles. The third-order valence-corrected chi connectivity index (χ3v) is 4.55. The Kier molecular flexibility index (Phi) is 6.45. The van der Waals surface area contributed by atoms with Crippen molar-refractivity contribution in [1.29, 1.82) is 0 Å². The van der Waals surface area contributed by atoms with Crippen LogP contribution in [0.2, 0.25) is 5.02 Å². The number of benzene rings is 2. The molecule has 2 aromatic carbocycles. The zero-order chi connectivity index (χ0) is 19.9. The summed E-state index contributed by atoms with van der Waals surface area (Å²) < 4.78 is 4.76. The fourth-order valence-corrected chi connectivity index (χ4v) is 2.92. The van der Waals surface area contributed by atoms with Crippen LogP contribution in [0.1, 0.15) is 22.8 Å². The van der Waals surface area contributed by atoms with Gasteiger partial charge in [0.15, 0.2) is 0 Å². The van der Waals surface area contributed by atoms with Crippen LogP contribution in [0.3, 0.4) is 0 Å². The normalized spacial score (nSPS) is 10.4. The number of aromatic nitrogens is 2. The molecule has 1 heterocycles. The minimum Gasteiger partial charge on any atom is -0.465 e. The third-order valence-electron chi connectivity index (χ3n) is 4.22. The molecular formula is C21H21ClN4O2. The lowest BCUT2D eigenvalue weighted by molar-refractivity contribution is 0.0601. The predicted octanol–water partition coefficient (Wildman–Crippen LogP) is 4.69. The number of ether oxygens (including phenoxy) is 1. The molecule has 144 valence electrons. The van der Waals surface area contributed by atoms with E-state index in [1.165, 1.54) is 19.0 Å². The van der Waals surface area contributed by atoms with Crippen molar-refractivity contribution in [2.24, 2.45) is 0 Å². The molecule has 0 aliphatic heterocycles. The monoisotopic (exact) mass is 396 g/mol. The van der Waals surface area contributed by atoms with E-state index in [1.807, 2.05) is 24.3 Å². The van der Waals surface area contributed by atoms with E-state index >= 15 is 0 Å².